The van der Waals surface area contributed by atoms with Gasteiger partial charge in [0.2, 0.25) is 17.7 Å². The van der Waals surface area contributed by atoms with Crippen molar-refractivity contribution in [3.8, 4) is 0 Å². The van der Waals surface area contributed by atoms with E-state index in [0.29, 0.717) is 5.69 Å². The predicted molar refractivity (Wildman–Crippen MR) is 149 cm³/mol. The number of hydrogen-bond donors (Lipinski definition) is 2. The maximum absolute atomic E-state index is 14.5. The fourth-order valence-electron chi connectivity index (χ4n) is 6.49. The first kappa shape index (κ1) is 26.8. The van der Waals surface area contributed by atoms with Crippen LogP contribution in [0.15, 0.2) is 78.9 Å². The first-order valence-electron chi connectivity index (χ1n) is 13.4. The number of para-hydroxylation sites is 1. The molecule has 0 unspecified atom stereocenters. The molecule has 210 valence electrons. The van der Waals surface area contributed by atoms with Crippen molar-refractivity contribution < 1.29 is 27.9 Å². The van der Waals surface area contributed by atoms with E-state index in [1.54, 1.807) is 31.2 Å². The van der Waals surface area contributed by atoms with Gasteiger partial charge in [0.15, 0.2) is 0 Å². The summed E-state index contributed by atoms with van der Waals surface area (Å²) in [5, 5.41) is 5.30. The van der Waals surface area contributed by atoms with Gasteiger partial charge in [0.05, 0.1) is 17.4 Å². The number of ether oxygens (including phenoxy) is 1. The molecule has 1 spiro atoms. The predicted octanol–water partition coefficient (Wildman–Crippen LogP) is 4.58. The Labute approximate surface area is 236 Å². The van der Waals surface area contributed by atoms with Gasteiger partial charge in [0, 0.05) is 12.2 Å². The van der Waals surface area contributed by atoms with E-state index in [1.807, 2.05) is 50.2 Å². The number of benzene rings is 3. The second kappa shape index (κ2) is 9.62. The molecule has 0 saturated carbocycles. The Bertz CT molecular complexity index is 1590. The molecule has 9 heteroatoms. The Balaban J connectivity index is 1.42. The molecule has 3 aromatic carbocycles. The summed E-state index contributed by atoms with van der Waals surface area (Å²) >= 11 is 0. The molecule has 3 aliphatic heterocycles. The minimum Gasteiger partial charge on any atom is -0.356 e. The van der Waals surface area contributed by atoms with E-state index in [1.165, 1.54) is 11.0 Å². The van der Waals surface area contributed by atoms with E-state index in [-0.39, 0.29) is 6.54 Å². The van der Waals surface area contributed by atoms with Gasteiger partial charge in [0.1, 0.15) is 29.0 Å². The molecular weight excluding hydrogens is 528 g/mol. The average molecular weight is 558 g/mol. The van der Waals surface area contributed by atoms with Crippen LogP contribution in [0, 0.1) is 37.3 Å². The highest BCUT2D eigenvalue weighted by Crippen LogP contribution is 2.60. The number of aryl methyl sites for hydroxylation is 1. The molecule has 3 aromatic rings. The average Bonchev–Trinajstić information content (AvgIpc) is 3.52. The summed E-state index contributed by atoms with van der Waals surface area (Å²) in [6.45, 7) is 5.64. The number of nitrogens with zero attached hydrogens (tertiary/aromatic N) is 1. The van der Waals surface area contributed by atoms with Crippen LogP contribution < -0.4 is 15.5 Å². The van der Waals surface area contributed by atoms with Crippen LogP contribution in [0.3, 0.4) is 0 Å². The Hall–Kier alpha value is -4.37. The van der Waals surface area contributed by atoms with Crippen LogP contribution in [0.25, 0.3) is 0 Å². The monoisotopic (exact) mass is 557 g/mol. The van der Waals surface area contributed by atoms with E-state index < -0.39 is 64.1 Å². The summed E-state index contributed by atoms with van der Waals surface area (Å²) in [7, 11) is 0. The fourth-order valence-corrected chi connectivity index (χ4v) is 6.49. The first-order valence-corrected chi connectivity index (χ1v) is 13.4. The summed E-state index contributed by atoms with van der Waals surface area (Å²) < 4.78 is 35.4. The van der Waals surface area contributed by atoms with Gasteiger partial charge in [0.25, 0.3) is 0 Å². The number of nitrogens with one attached hydrogen (secondary N) is 2. The molecule has 6 rings (SSSR count). The lowest BCUT2D eigenvalue weighted by Gasteiger charge is -2.33. The van der Waals surface area contributed by atoms with Gasteiger partial charge in [-0.25, -0.2) is 8.78 Å². The largest absolute Gasteiger partial charge is 0.356 e. The molecule has 7 nitrogen and oxygen atoms in total. The zero-order chi connectivity index (χ0) is 29.1. The summed E-state index contributed by atoms with van der Waals surface area (Å²) in [6, 6.07) is 17.0. The fraction of sp³-hybridized carbons (Fsp3) is 0.281. The van der Waals surface area contributed by atoms with Gasteiger partial charge in [-0.05, 0) is 55.7 Å². The standard InChI is InChI=1S/C32H29F2N3O4/c1-18-9-7-14-23(19(18)2)37-27(29(39)35-17-20-10-5-4-6-11-20)32-16-15-31(3,41-32)24(25(32)30(37)40)28(38)36-26-21(33)12-8-13-22(26)34/h4-16,24-25,27H,17H2,1-3H3,(H,35,39)(H,36,38)/t24-,25+,27-,31-,32+/m1/s1. The minimum atomic E-state index is -1.47. The van der Waals surface area contributed by atoms with Crippen LogP contribution in [0.1, 0.15) is 23.6 Å². The number of anilines is 2. The minimum absolute atomic E-state index is 0.225. The maximum atomic E-state index is 14.5. The summed E-state index contributed by atoms with van der Waals surface area (Å²) in [5.41, 5.74) is -0.223. The highest BCUT2D eigenvalue weighted by atomic mass is 19.1. The summed E-state index contributed by atoms with van der Waals surface area (Å²) in [5.74, 6) is -5.83. The van der Waals surface area contributed by atoms with Crippen molar-refractivity contribution in [2.45, 2.75) is 44.6 Å². The molecule has 0 aromatic heterocycles. The van der Waals surface area contributed by atoms with Gasteiger partial charge in [-0.15, -0.1) is 0 Å². The van der Waals surface area contributed by atoms with Gasteiger partial charge in [-0.3, -0.25) is 19.3 Å². The first-order chi connectivity index (χ1) is 19.6. The van der Waals surface area contributed by atoms with Crippen LogP contribution in [0.2, 0.25) is 0 Å². The van der Waals surface area contributed by atoms with Gasteiger partial charge in [-0.2, -0.15) is 0 Å². The molecule has 2 saturated heterocycles. The van der Waals surface area contributed by atoms with Gasteiger partial charge < -0.3 is 15.4 Å². The van der Waals surface area contributed by atoms with Crippen LogP contribution in [-0.4, -0.2) is 35.0 Å². The van der Waals surface area contributed by atoms with E-state index in [9.17, 15) is 23.2 Å². The number of carbonyl (C=O) groups excluding carboxylic acids is 3. The summed E-state index contributed by atoms with van der Waals surface area (Å²) in [4.78, 5) is 43.5. The topological polar surface area (TPSA) is 87.7 Å². The van der Waals surface area contributed by atoms with Crippen LogP contribution in [0.4, 0.5) is 20.2 Å². The molecule has 41 heavy (non-hydrogen) atoms. The molecule has 0 radical (unpaired) electrons. The van der Waals surface area contributed by atoms with Crippen molar-refractivity contribution in [2.24, 2.45) is 11.8 Å². The van der Waals surface area contributed by atoms with Crippen molar-refractivity contribution in [3.63, 3.8) is 0 Å². The second-order valence-electron chi connectivity index (χ2n) is 11.0. The molecule has 3 aliphatic rings. The zero-order valence-corrected chi connectivity index (χ0v) is 22.8. The molecule has 2 fully saturated rings. The Kier molecular flexibility index (Phi) is 6.30. The Morgan fingerprint density at radius 1 is 0.927 bits per heavy atom. The van der Waals surface area contributed by atoms with Crippen molar-refractivity contribution >= 4 is 29.1 Å². The number of amides is 3. The lowest BCUT2D eigenvalue weighted by atomic mass is 9.70. The van der Waals surface area contributed by atoms with Gasteiger partial charge >= 0.3 is 0 Å². The lowest BCUT2D eigenvalue weighted by molar-refractivity contribution is -0.131. The third-order valence-electron chi connectivity index (χ3n) is 8.58. The molecule has 2 N–H and O–H groups in total. The van der Waals surface area contributed by atoms with E-state index in [0.717, 1.165) is 28.8 Å². The highest BCUT2D eigenvalue weighted by molar-refractivity contribution is 6.12. The lowest BCUT2D eigenvalue weighted by Crippen LogP contribution is -2.55. The van der Waals surface area contributed by atoms with E-state index >= 15 is 0 Å². The summed E-state index contributed by atoms with van der Waals surface area (Å²) in [6.07, 6.45) is 3.36. The van der Waals surface area contributed by atoms with Crippen molar-refractivity contribution in [1.82, 2.24) is 5.32 Å². The van der Waals surface area contributed by atoms with E-state index in [2.05, 4.69) is 10.6 Å². The van der Waals surface area contributed by atoms with Crippen LogP contribution in [0.5, 0.6) is 0 Å². The van der Waals surface area contributed by atoms with Crippen LogP contribution in [-0.2, 0) is 25.7 Å². The van der Waals surface area contributed by atoms with Gasteiger partial charge in [-0.1, -0.05) is 60.7 Å². The maximum Gasteiger partial charge on any atom is 0.246 e. The second-order valence-corrected chi connectivity index (χ2v) is 11.0. The Morgan fingerprint density at radius 3 is 2.32 bits per heavy atom. The third-order valence-corrected chi connectivity index (χ3v) is 8.58. The number of hydrogen-bond acceptors (Lipinski definition) is 4. The molecule has 2 bridgehead atoms. The number of carbonyl (C=O) groups is 3. The van der Waals surface area contributed by atoms with Crippen molar-refractivity contribution in [1.29, 1.82) is 0 Å². The van der Waals surface area contributed by atoms with E-state index in [4.69, 9.17) is 4.74 Å². The SMILES string of the molecule is Cc1cccc(N2C(=O)[C@@H]3[C@H](C(=O)Nc4c(F)cccc4F)[C@@]4(C)C=C[C@@]3(O4)[C@H]2C(=O)NCc2ccccc2)c1C. The quantitative estimate of drug-likeness (QED) is 0.435. The third kappa shape index (κ3) is 4.06. The number of fused-ring (bicyclic) bond motifs is 1. The Morgan fingerprint density at radius 2 is 1.61 bits per heavy atom. The van der Waals surface area contributed by atoms with Crippen molar-refractivity contribution in [2.75, 3.05) is 10.2 Å². The molecular formula is C32H29F2N3O4. The smallest absolute Gasteiger partial charge is 0.246 e. The molecule has 5 atom stereocenters. The molecule has 3 amide bonds. The zero-order valence-electron chi connectivity index (χ0n) is 22.8. The van der Waals surface area contributed by atoms with Crippen LogP contribution >= 0.6 is 0 Å². The molecule has 0 aliphatic carbocycles. The molecule has 3 heterocycles. The number of halogens is 2. The highest BCUT2D eigenvalue weighted by Gasteiger charge is 2.76. The normalized spacial score (nSPS) is 27.7. The number of rotatable bonds is 6. The van der Waals surface area contributed by atoms with Crippen molar-refractivity contribution in [3.05, 3.63) is 107 Å².